The molecule has 4 aromatic heterocycles. The molecule has 0 spiro atoms. The first kappa shape index (κ1) is 16.9. The van der Waals surface area contributed by atoms with E-state index in [1.54, 1.807) is 23.9 Å². The van der Waals surface area contributed by atoms with E-state index in [1.807, 2.05) is 39.2 Å². The van der Waals surface area contributed by atoms with Crippen molar-refractivity contribution < 1.29 is 9.32 Å². The molecule has 4 rings (SSSR count). The van der Waals surface area contributed by atoms with Gasteiger partial charge in [-0.3, -0.25) is 9.48 Å². The fraction of sp³-hybridized carbons (Fsp3) is 0.211. The number of fused-ring (bicyclic) bond motifs is 1. The van der Waals surface area contributed by atoms with Crippen LogP contribution in [0.15, 0.2) is 35.1 Å². The highest BCUT2D eigenvalue weighted by Gasteiger charge is 2.21. The van der Waals surface area contributed by atoms with Gasteiger partial charge in [-0.15, -0.1) is 0 Å². The van der Waals surface area contributed by atoms with E-state index < -0.39 is 0 Å². The first-order valence-corrected chi connectivity index (χ1v) is 8.44. The Morgan fingerprint density at radius 3 is 2.74 bits per heavy atom. The lowest BCUT2D eigenvalue weighted by molar-refractivity contribution is 0.102. The zero-order valence-electron chi connectivity index (χ0n) is 15.4. The summed E-state index contributed by atoms with van der Waals surface area (Å²) in [5.74, 6) is 0.221. The monoisotopic (exact) mass is 362 g/mol. The van der Waals surface area contributed by atoms with Gasteiger partial charge in [-0.05, 0) is 38.5 Å². The number of amides is 1. The molecule has 1 N–H and O–H groups in total. The van der Waals surface area contributed by atoms with Gasteiger partial charge >= 0.3 is 0 Å². The van der Waals surface area contributed by atoms with Gasteiger partial charge in [0, 0.05) is 25.0 Å². The number of carbonyl (C=O) groups excluding carboxylic acids is 1. The average molecular weight is 362 g/mol. The van der Waals surface area contributed by atoms with Gasteiger partial charge in [0.15, 0.2) is 0 Å². The summed E-state index contributed by atoms with van der Waals surface area (Å²) in [6.45, 7) is 5.56. The molecule has 8 heteroatoms. The molecule has 0 bridgehead atoms. The Balaban J connectivity index is 1.85. The average Bonchev–Trinajstić information content (AvgIpc) is 3.18. The Labute approximate surface area is 155 Å². The van der Waals surface area contributed by atoms with Crippen LogP contribution in [0, 0.1) is 20.8 Å². The number of carbonyl (C=O) groups is 1. The third-order valence-corrected chi connectivity index (χ3v) is 4.39. The molecule has 4 heterocycles. The summed E-state index contributed by atoms with van der Waals surface area (Å²) in [7, 11) is 1.84. The number of aryl methyl sites for hydroxylation is 4. The molecule has 136 valence electrons. The van der Waals surface area contributed by atoms with Crippen LogP contribution in [0.25, 0.3) is 22.4 Å². The molecule has 27 heavy (non-hydrogen) atoms. The molecule has 0 radical (unpaired) electrons. The maximum atomic E-state index is 13.0. The summed E-state index contributed by atoms with van der Waals surface area (Å²) >= 11 is 0. The number of aromatic nitrogens is 5. The second-order valence-electron chi connectivity index (χ2n) is 6.43. The van der Waals surface area contributed by atoms with Crippen LogP contribution in [0.5, 0.6) is 0 Å². The normalized spacial score (nSPS) is 11.1. The van der Waals surface area contributed by atoms with Crippen molar-refractivity contribution in [3.63, 3.8) is 0 Å². The Hall–Kier alpha value is -3.55. The van der Waals surface area contributed by atoms with E-state index >= 15 is 0 Å². The molecule has 0 saturated carbocycles. The van der Waals surface area contributed by atoms with Crippen molar-refractivity contribution in [3.8, 4) is 11.3 Å². The second kappa shape index (κ2) is 6.31. The number of pyridine rings is 2. The van der Waals surface area contributed by atoms with Gasteiger partial charge in [0.1, 0.15) is 5.82 Å². The molecular formula is C19H18N6O2. The summed E-state index contributed by atoms with van der Waals surface area (Å²) in [6.07, 6.45) is 3.50. The maximum absolute atomic E-state index is 13.0. The van der Waals surface area contributed by atoms with Gasteiger partial charge in [-0.2, -0.15) is 5.10 Å². The molecule has 0 fully saturated rings. The quantitative estimate of drug-likeness (QED) is 0.601. The third kappa shape index (κ3) is 2.95. The van der Waals surface area contributed by atoms with Gasteiger partial charge < -0.3 is 9.84 Å². The van der Waals surface area contributed by atoms with Crippen LogP contribution in [-0.2, 0) is 7.05 Å². The van der Waals surface area contributed by atoms with E-state index in [-0.39, 0.29) is 5.91 Å². The van der Waals surface area contributed by atoms with Crippen molar-refractivity contribution in [3.05, 3.63) is 53.1 Å². The fourth-order valence-corrected chi connectivity index (χ4v) is 3.05. The van der Waals surface area contributed by atoms with Crippen LogP contribution in [0.1, 0.15) is 27.3 Å². The standard InChI is InChI=1S/C19H18N6O2/c1-10-6-5-7-20-17(10)22-18(26)13-8-15(14-9-25(4)23-11(14)2)21-19-16(13)12(3)24-27-19/h5-9H,1-4H3,(H,20,22,26). The zero-order chi connectivity index (χ0) is 19.1. The SMILES string of the molecule is Cc1cccnc1NC(=O)c1cc(-c2cn(C)nc2C)nc2onc(C)c12. The van der Waals surface area contributed by atoms with Crippen LogP contribution in [0.4, 0.5) is 5.82 Å². The van der Waals surface area contributed by atoms with E-state index in [2.05, 4.69) is 25.5 Å². The molecule has 0 aliphatic rings. The summed E-state index contributed by atoms with van der Waals surface area (Å²) in [6, 6.07) is 5.45. The van der Waals surface area contributed by atoms with E-state index in [1.165, 1.54) is 0 Å². The predicted molar refractivity (Wildman–Crippen MR) is 100 cm³/mol. The first-order valence-electron chi connectivity index (χ1n) is 8.44. The van der Waals surface area contributed by atoms with Crippen molar-refractivity contribution in [1.82, 2.24) is 24.9 Å². The number of rotatable bonds is 3. The van der Waals surface area contributed by atoms with Crippen LogP contribution in [0.2, 0.25) is 0 Å². The molecular weight excluding hydrogens is 344 g/mol. The molecule has 0 saturated heterocycles. The minimum atomic E-state index is -0.293. The molecule has 0 aromatic carbocycles. The Kier molecular flexibility index (Phi) is 3.95. The van der Waals surface area contributed by atoms with Crippen molar-refractivity contribution in [2.75, 3.05) is 5.32 Å². The molecule has 0 aliphatic heterocycles. The van der Waals surface area contributed by atoms with Gasteiger partial charge in [0.05, 0.1) is 28.0 Å². The maximum Gasteiger partial charge on any atom is 0.259 e. The minimum absolute atomic E-state index is 0.293. The zero-order valence-corrected chi connectivity index (χ0v) is 15.4. The number of nitrogens with one attached hydrogen (secondary N) is 1. The summed E-state index contributed by atoms with van der Waals surface area (Å²) in [4.78, 5) is 21.8. The smallest absolute Gasteiger partial charge is 0.259 e. The van der Waals surface area contributed by atoms with Crippen molar-refractivity contribution in [2.45, 2.75) is 20.8 Å². The van der Waals surface area contributed by atoms with E-state index in [0.717, 1.165) is 16.8 Å². The molecule has 8 nitrogen and oxygen atoms in total. The highest BCUT2D eigenvalue weighted by Crippen LogP contribution is 2.29. The number of anilines is 1. The number of hydrogen-bond acceptors (Lipinski definition) is 6. The Bertz CT molecular complexity index is 1170. The fourth-order valence-electron chi connectivity index (χ4n) is 3.05. The summed E-state index contributed by atoms with van der Waals surface area (Å²) in [5, 5.41) is 11.8. The number of hydrogen-bond donors (Lipinski definition) is 1. The molecule has 4 aromatic rings. The van der Waals surface area contributed by atoms with Gasteiger partial charge in [0.25, 0.3) is 11.6 Å². The van der Waals surface area contributed by atoms with Crippen molar-refractivity contribution in [1.29, 1.82) is 0 Å². The highest BCUT2D eigenvalue weighted by molar-refractivity contribution is 6.12. The largest absolute Gasteiger partial charge is 0.335 e. The van der Waals surface area contributed by atoms with E-state index in [4.69, 9.17) is 4.52 Å². The number of nitrogens with zero attached hydrogens (tertiary/aromatic N) is 5. The Morgan fingerprint density at radius 1 is 1.22 bits per heavy atom. The highest BCUT2D eigenvalue weighted by atomic mass is 16.5. The third-order valence-electron chi connectivity index (χ3n) is 4.39. The van der Waals surface area contributed by atoms with E-state index in [9.17, 15) is 4.79 Å². The molecule has 1 amide bonds. The van der Waals surface area contributed by atoms with Crippen LogP contribution in [-0.4, -0.2) is 30.8 Å². The Morgan fingerprint density at radius 2 is 2.04 bits per heavy atom. The lowest BCUT2D eigenvalue weighted by atomic mass is 10.1. The minimum Gasteiger partial charge on any atom is -0.335 e. The summed E-state index contributed by atoms with van der Waals surface area (Å²) in [5.41, 5.74) is 4.48. The predicted octanol–water partition coefficient (Wildman–Crippen LogP) is 3.20. The van der Waals surface area contributed by atoms with Gasteiger partial charge in [-0.25, -0.2) is 9.97 Å². The molecule has 0 atom stereocenters. The second-order valence-corrected chi connectivity index (χ2v) is 6.43. The van der Waals surface area contributed by atoms with Gasteiger partial charge in [-0.1, -0.05) is 11.2 Å². The lowest BCUT2D eigenvalue weighted by Gasteiger charge is -2.09. The van der Waals surface area contributed by atoms with Crippen molar-refractivity contribution in [2.24, 2.45) is 7.05 Å². The topological polar surface area (TPSA) is 98.7 Å². The van der Waals surface area contributed by atoms with E-state index in [0.29, 0.717) is 33.9 Å². The summed E-state index contributed by atoms with van der Waals surface area (Å²) < 4.78 is 7.05. The van der Waals surface area contributed by atoms with Gasteiger partial charge in [0.2, 0.25) is 0 Å². The van der Waals surface area contributed by atoms with Crippen LogP contribution >= 0.6 is 0 Å². The molecule has 0 aliphatic carbocycles. The van der Waals surface area contributed by atoms with Crippen molar-refractivity contribution >= 4 is 22.8 Å². The van der Waals surface area contributed by atoms with Crippen LogP contribution < -0.4 is 5.32 Å². The molecule has 0 unspecified atom stereocenters. The lowest BCUT2D eigenvalue weighted by Crippen LogP contribution is -2.15. The van der Waals surface area contributed by atoms with Crippen LogP contribution in [0.3, 0.4) is 0 Å². The first-order chi connectivity index (χ1) is 12.9.